The van der Waals surface area contributed by atoms with Crippen LogP contribution in [0.25, 0.3) is 0 Å². The van der Waals surface area contributed by atoms with Gasteiger partial charge in [-0.05, 0) is 44.0 Å². The minimum Gasteiger partial charge on any atom is -0.494 e. The molecule has 1 N–H and O–H groups in total. The topological polar surface area (TPSA) is 41.6 Å². The van der Waals surface area contributed by atoms with E-state index in [9.17, 15) is 4.79 Å². The Morgan fingerprint density at radius 1 is 1.33 bits per heavy atom. The molecule has 1 aliphatic rings. The van der Waals surface area contributed by atoms with Gasteiger partial charge in [-0.2, -0.15) is 0 Å². The highest BCUT2D eigenvalue weighted by molar-refractivity contribution is 5.83. The Balaban J connectivity index is 2.00. The number of ether oxygens (including phenoxy) is 1. The monoisotopic (exact) mass is 290 g/mol. The van der Waals surface area contributed by atoms with Gasteiger partial charge in [-0.15, -0.1) is 0 Å². The lowest BCUT2D eigenvalue weighted by molar-refractivity contribution is -0.140. The summed E-state index contributed by atoms with van der Waals surface area (Å²) in [4.78, 5) is 14.6. The zero-order valence-corrected chi connectivity index (χ0v) is 13.3. The largest absolute Gasteiger partial charge is 0.494 e. The highest BCUT2D eigenvalue weighted by Crippen LogP contribution is 2.31. The molecule has 116 valence electrons. The number of hydrogen-bond donors (Lipinski definition) is 1. The molecule has 21 heavy (non-hydrogen) atoms. The van der Waals surface area contributed by atoms with E-state index in [1.54, 1.807) is 0 Å². The fourth-order valence-corrected chi connectivity index (χ4v) is 2.99. The van der Waals surface area contributed by atoms with E-state index >= 15 is 0 Å². The predicted octanol–water partition coefficient (Wildman–Crippen LogP) is 2.43. The van der Waals surface area contributed by atoms with Crippen molar-refractivity contribution in [3.63, 3.8) is 0 Å². The maximum atomic E-state index is 12.7. The Hall–Kier alpha value is -1.55. The van der Waals surface area contributed by atoms with Crippen LogP contribution in [0.4, 0.5) is 0 Å². The van der Waals surface area contributed by atoms with E-state index in [1.807, 2.05) is 43.1 Å². The molecule has 1 aromatic rings. The quantitative estimate of drug-likeness (QED) is 0.875. The molecule has 1 heterocycles. The van der Waals surface area contributed by atoms with Crippen molar-refractivity contribution in [3.8, 4) is 5.75 Å². The van der Waals surface area contributed by atoms with Gasteiger partial charge in [-0.1, -0.05) is 19.1 Å². The molecule has 0 radical (unpaired) electrons. The number of benzene rings is 1. The highest BCUT2D eigenvalue weighted by atomic mass is 16.5. The lowest BCUT2D eigenvalue weighted by Gasteiger charge is -2.31. The zero-order chi connectivity index (χ0) is 15.3. The normalized spacial score (nSPS) is 21.3. The lowest BCUT2D eigenvalue weighted by Crippen LogP contribution is -2.42. The van der Waals surface area contributed by atoms with Crippen LogP contribution in [0.3, 0.4) is 0 Å². The Bertz CT molecular complexity index is 464. The van der Waals surface area contributed by atoms with Gasteiger partial charge in [-0.25, -0.2) is 0 Å². The van der Waals surface area contributed by atoms with Gasteiger partial charge >= 0.3 is 0 Å². The molecule has 0 bridgehead atoms. The lowest BCUT2D eigenvalue weighted by atomic mass is 9.83. The minimum atomic E-state index is -0.208. The third kappa shape index (κ3) is 3.56. The molecule has 1 aromatic carbocycles. The van der Waals surface area contributed by atoms with Crippen LogP contribution >= 0.6 is 0 Å². The molecular formula is C17H26N2O2. The van der Waals surface area contributed by atoms with Crippen LogP contribution in [0.1, 0.15) is 32.3 Å². The number of carbonyl (C=O) groups excluding carboxylic acids is 1. The smallest absolute Gasteiger partial charge is 0.230 e. The van der Waals surface area contributed by atoms with Crippen LogP contribution in [0, 0.1) is 5.41 Å². The molecule has 0 saturated carbocycles. The zero-order valence-electron chi connectivity index (χ0n) is 13.3. The third-order valence-electron chi connectivity index (χ3n) is 4.37. The summed E-state index contributed by atoms with van der Waals surface area (Å²) in [5.41, 5.74) is 0.923. The second-order valence-electron chi connectivity index (χ2n) is 5.80. The van der Waals surface area contributed by atoms with Crippen LogP contribution in [0.15, 0.2) is 24.3 Å². The third-order valence-corrected chi connectivity index (χ3v) is 4.37. The summed E-state index contributed by atoms with van der Waals surface area (Å²) >= 11 is 0. The SMILES string of the molecule is CCOc1ccc(CN(C)C(=O)C2(CC)CCNC2)cc1. The van der Waals surface area contributed by atoms with E-state index in [0.29, 0.717) is 13.2 Å². The molecule has 1 saturated heterocycles. The van der Waals surface area contributed by atoms with Gasteiger partial charge in [0.05, 0.1) is 12.0 Å². The average Bonchev–Trinajstić information content (AvgIpc) is 2.99. The van der Waals surface area contributed by atoms with E-state index in [-0.39, 0.29) is 11.3 Å². The van der Waals surface area contributed by atoms with Crippen LogP contribution in [0.5, 0.6) is 5.75 Å². The van der Waals surface area contributed by atoms with Gasteiger partial charge in [0.2, 0.25) is 5.91 Å². The Kier molecular flexibility index (Phi) is 5.23. The van der Waals surface area contributed by atoms with Gasteiger partial charge in [0.25, 0.3) is 0 Å². The molecule has 4 heteroatoms. The van der Waals surface area contributed by atoms with Crippen molar-refractivity contribution in [2.45, 2.75) is 33.2 Å². The highest BCUT2D eigenvalue weighted by Gasteiger charge is 2.41. The molecule has 1 aliphatic heterocycles. The molecule has 0 spiro atoms. The molecule has 2 rings (SSSR count). The maximum Gasteiger partial charge on any atom is 0.230 e. The summed E-state index contributed by atoms with van der Waals surface area (Å²) in [7, 11) is 1.90. The van der Waals surface area contributed by atoms with Crippen LogP contribution in [-0.2, 0) is 11.3 Å². The number of hydrogen-bond acceptors (Lipinski definition) is 3. The number of carbonyl (C=O) groups is 1. The van der Waals surface area contributed by atoms with Gasteiger partial charge in [0, 0.05) is 20.1 Å². The summed E-state index contributed by atoms with van der Waals surface area (Å²) in [5.74, 6) is 1.13. The van der Waals surface area contributed by atoms with Crippen LogP contribution in [0.2, 0.25) is 0 Å². The van der Waals surface area contributed by atoms with E-state index in [1.165, 1.54) is 0 Å². The molecule has 1 amide bonds. The van der Waals surface area contributed by atoms with Crippen molar-refractivity contribution < 1.29 is 9.53 Å². The Morgan fingerprint density at radius 2 is 2.05 bits per heavy atom. The van der Waals surface area contributed by atoms with Gasteiger partial charge in [-0.3, -0.25) is 4.79 Å². The van der Waals surface area contributed by atoms with E-state index in [2.05, 4.69) is 12.2 Å². The van der Waals surface area contributed by atoms with Gasteiger partial charge in [0.15, 0.2) is 0 Å². The predicted molar refractivity (Wildman–Crippen MR) is 84.3 cm³/mol. The second-order valence-corrected chi connectivity index (χ2v) is 5.80. The van der Waals surface area contributed by atoms with Crippen molar-refractivity contribution >= 4 is 5.91 Å². The molecule has 1 fully saturated rings. The summed E-state index contributed by atoms with van der Waals surface area (Å²) in [6, 6.07) is 7.98. The average molecular weight is 290 g/mol. The van der Waals surface area contributed by atoms with E-state index in [4.69, 9.17) is 4.74 Å². The molecular weight excluding hydrogens is 264 g/mol. The summed E-state index contributed by atoms with van der Waals surface area (Å²) in [6.45, 7) is 7.14. The van der Waals surface area contributed by atoms with Crippen LogP contribution in [-0.4, -0.2) is 37.6 Å². The molecule has 0 aromatic heterocycles. The number of rotatable bonds is 6. The van der Waals surface area contributed by atoms with Crippen molar-refractivity contribution in [2.75, 3.05) is 26.7 Å². The molecule has 0 aliphatic carbocycles. The number of nitrogens with one attached hydrogen (secondary N) is 1. The van der Waals surface area contributed by atoms with Crippen molar-refractivity contribution in [2.24, 2.45) is 5.41 Å². The Labute approximate surface area is 127 Å². The van der Waals surface area contributed by atoms with Crippen molar-refractivity contribution in [1.82, 2.24) is 10.2 Å². The maximum absolute atomic E-state index is 12.7. The fraction of sp³-hybridized carbons (Fsp3) is 0.588. The first-order valence-corrected chi connectivity index (χ1v) is 7.79. The second kappa shape index (κ2) is 6.94. The van der Waals surface area contributed by atoms with Gasteiger partial charge < -0.3 is 15.0 Å². The van der Waals surface area contributed by atoms with E-state index < -0.39 is 0 Å². The van der Waals surface area contributed by atoms with E-state index in [0.717, 1.165) is 37.2 Å². The van der Waals surface area contributed by atoms with Crippen LogP contribution < -0.4 is 10.1 Å². The molecule has 4 nitrogen and oxygen atoms in total. The molecule has 1 atom stereocenters. The molecule has 1 unspecified atom stereocenters. The van der Waals surface area contributed by atoms with Crippen molar-refractivity contribution in [1.29, 1.82) is 0 Å². The first-order valence-electron chi connectivity index (χ1n) is 7.79. The minimum absolute atomic E-state index is 0.208. The van der Waals surface area contributed by atoms with Crippen molar-refractivity contribution in [3.05, 3.63) is 29.8 Å². The summed E-state index contributed by atoms with van der Waals surface area (Å²) in [5, 5.41) is 3.32. The summed E-state index contributed by atoms with van der Waals surface area (Å²) < 4.78 is 5.44. The first-order chi connectivity index (χ1) is 10.1. The number of amides is 1. The van der Waals surface area contributed by atoms with Gasteiger partial charge in [0.1, 0.15) is 5.75 Å². The standard InChI is InChI=1S/C17H26N2O2/c1-4-17(10-11-18-13-17)16(20)19(3)12-14-6-8-15(9-7-14)21-5-2/h6-9,18H,4-5,10-13H2,1-3H3. The number of nitrogens with zero attached hydrogens (tertiary/aromatic N) is 1. The summed E-state index contributed by atoms with van der Waals surface area (Å²) in [6.07, 6.45) is 1.84. The first kappa shape index (κ1) is 15.8. The Morgan fingerprint density at radius 3 is 2.57 bits per heavy atom. The fourth-order valence-electron chi connectivity index (χ4n) is 2.99.